The molecule has 0 saturated carbocycles. The molecule has 0 fully saturated rings. The monoisotopic (exact) mass is 298 g/mol. The topological polar surface area (TPSA) is 95.5 Å². The van der Waals surface area contributed by atoms with Gasteiger partial charge in [-0.25, -0.2) is 9.78 Å². The number of nitro groups is 1. The van der Waals surface area contributed by atoms with E-state index in [-0.39, 0.29) is 17.3 Å². The Morgan fingerprint density at radius 1 is 1.23 bits per heavy atom. The molecular formula is C15H10N2O5. The molecule has 7 nitrogen and oxygen atoms in total. The van der Waals surface area contributed by atoms with Gasteiger partial charge >= 0.3 is 11.3 Å². The number of aromatic nitrogens is 1. The summed E-state index contributed by atoms with van der Waals surface area (Å²) in [6, 6.07) is 11.0. The van der Waals surface area contributed by atoms with E-state index in [1.807, 2.05) is 0 Å². The van der Waals surface area contributed by atoms with Gasteiger partial charge in [0.2, 0.25) is 5.89 Å². The Kier molecular flexibility index (Phi) is 3.30. The van der Waals surface area contributed by atoms with Crippen LogP contribution in [0.25, 0.3) is 22.4 Å². The molecule has 3 aromatic rings. The van der Waals surface area contributed by atoms with E-state index in [1.54, 1.807) is 30.3 Å². The van der Waals surface area contributed by atoms with Crippen LogP contribution in [0.5, 0.6) is 5.75 Å². The number of benzene rings is 2. The van der Waals surface area contributed by atoms with Crippen molar-refractivity contribution in [3.8, 4) is 17.2 Å². The van der Waals surface area contributed by atoms with Crippen LogP contribution in [-0.4, -0.2) is 17.0 Å². The van der Waals surface area contributed by atoms with E-state index in [2.05, 4.69) is 4.98 Å². The zero-order valence-electron chi connectivity index (χ0n) is 11.5. The minimum atomic E-state index is -0.568. The summed E-state index contributed by atoms with van der Waals surface area (Å²) >= 11 is 0. The van der Waals surface area contributed by atoms with Gasteiger partial charge in [0.1, 0.15) is 0 Å². The van der Waals surface area contributed by atoms with Crippen molar-refractivity contribution in [1.29, 1.82) is 0 Å². The molecule has 0 N–H and O–H groups in total. The average Bonchev–Trinajstić information content (AvgIpc) is 2.54. The Hall–Kier alpha value is -3.22. The van der Waals surface area contributed by atoms with Crippen LogP contribution in [0, 0.1) is 10.1 Å². The van der Waals surface area contributed by atoms with Crippen molar-refractivity contribution in [2.75, 3.05) is 7.11 Å². The number of para-hydroxylation sites is 1. The van der Waals surface area contributed by atoms with Crippen LogP contribution in [-0.2, 0) is 0 Å². The first-order valence-electron chi connectivity index (χ1n) is 6.33. The molecule has 0 unspecified atom stereocenters. The van der Waals surface area contributed by atoms with Gasteiger partial charge in [-0.05, 0) is 24.3 Å². The quantitative estimate of drug-likeness (QED) is 0.545. The lowest BCUT2D eigenvalue weighted by Gasteiger charge is -2.04. The molecule has 1 aromatic heterocycles. The van der Waals surface area contributed by atoms with Gasteiger partial charge in [-0.15, -0.1) is 0 Å². The Morgan fingerprint density at radius 2 is 2.00 bits per heavy atom. The van der Waals surface area contributed by atoms with Crippen LogP contribution < -0.4 is 10.4 Å². The molecule has 22 heavy (non-hydrogen) atoms. The van der Waals surface area contributed by atoms with Gasteiger partial charge in [0, 0.05) is 11.6 Å². The maximum atomic E-state index is 11.9. The summed E-state index contributed by atoms with van der Waals surface area (Å²) in [5.41, 5.74) is 0.0271. The van der Waals surface area contributed by atoms with Gasteiger partial charge in [0.15, 0.2) is 5.75 Å². The van der Waals surface area contributed by atoms with E-state index in [0.717, 1.165) is 0 Å². The van der Waals surface area contributed by atoms with Gasteiger partial charge < -0.3 is 9.15 Å². The number of hydrogen-bond donors (Lipinski definition) is 0. The van der Waals surface area contributed by atoms with Crippen LogP contribution in [0.4, 0.5) is 5.69 Å². The van der Waals surface area contributed by atoms with Crippen molar-refractivity contribution in [2.45, 2.75) is 0 Å². The number of nitro benzene ring substituents is 1. The standard InChI is InChI=1S/C15H10N2O5/c1-21-13-7-6-9(8-12(13)17(19)20)14-16-11-5-3-2-4-10(11)15(18)22-14/h2-8H,1H3. The molecule has 0 radical (unpaired) electrons. The van der Waals surface area contributed by atoms with Crippen molar-refractivity contribution < 1.29 is 14.1 Å². The third kappa shape index (κ3) is 2.28. The molecule has 0 bridgehead atoms. The zero-order valence-corrected chi connectivity index (χ0v) is 11.5. The minimum absolute atomic E-state index is 0.0226. The summed E-state index contributed by atoms with van der Waals surface area (Å²) in [6.45, 7) is 0. The van der Waals surface area contributed by atoms with Gasteiger partial charge in [0.05, 0.1) is 22.9 Å². The van der Waals surface area contributed by atoms with Crippen LogP contribution >= 0.6 is 0 Å². The second-order valence-electron chi connectivity index (χ2n) is 4.47. The van der Waals surface area contributed by atoms with Gasteiger partial charge in [0.25, 0.3) is 0 Å². The Balaban J connectivity index is 2.21. The molecule has 0 saturated heterocycles. The lowest BCUT2D eigenvalue weighted by atomic mass is 10.1. The summed E-state index contributed by atoms with van der Waals surface area (Å²) in [7, 11) is 1.34. The van der Waals surface area contributed by atoms with Gasteiger partial charge in [-0.3, -0.25) is 10.1 Å². The van der Waals surface area contributed by atoms with Crippen molar-refractivity contribution >= 4 is 16.6 Å². The molecule has 0 aliphatic heterocycles. The second kappa shape index (κ2) is 5.28. The van der Waals surface area contributed by atoms with Gasteiger partial charge in [-0.2, -0.15) is 0 Å². The first-order chi connectivity index (χ1) is 10.6. The Bertz CT molecular complexity index is 933. The summed E-state index contributed by atoms with van der Waals surface area (Å²) < 4.78 is 10.1. The fourth-order valence-electron chi connectivity index (χ4n) is 2.11. The molecule has 0 aliphatic rings. The molecule has 0 spiro atoms. The summed E-state index contributed by atoms with van der Waals surface area (Å²) in [4.78, 5) is 26.7. The van der Waals surface area contributed by atoms with Crippen LogP contribution in [0.1, 0.15) is 0 Å². The number of fused-ring (bicyclic) bond motifs is 1. The molecule has 0 aliphatic carbocycles. The molecule has 7 heteroatoms. The largest absolute Gasteiger partial charge is 0.490 e. The number of ether oxygens (including phenoxy) is 1. The van der Waals surface area contributed by atoms with E-state index in [9.17, 15) is 14.9 Å². The molecule has 0 amide bonds. The lowest BCUT2D eigenvalue weighted by molar-refractivity contribution is -0.385. The van der Waals surface area contributed by atoms with Crippen molar-refractivity contribution in [1.82, 2.24) is 4.98 Å². The molecule has 1 heterocycles. The predicted molar refractivity (Wildman–Crippen MR) is 78.9 cm³/mol. The maximum Gasteiger partial charge on any atom is 0.347 e. The van der Waals surface area contributed by atoms with Crippen molar-refractivity contribution in [3.63, 3.8) is 0 Å². The molecule has 3 rings (SSSR count). The highest BCUT2D eigenvalue weighted by Gasteiger charge is 2.18. The zero-order chi connectivity index (χ0) is 15.7. The highest BCUT2D eigenvalue weighted by atomic mass is 16.6. The number of hydrogen-bond acceptors (Lipinski definition) is 6. The molecule has 0 atom stereocenters. The Labute approximate surface area is 123 Å². The van der Waals surface area contributed by atoms with Crippen LogP contribution in [0.2, 0.25) is 0 Å². The van der Waals surface area contributed by atoms with Gasteiger partial charge in [-0.1, -0.05) is 12.1 Å². The molecule has 2 aromatic carbocycles. The fraction of sp³-hybridized carbons (Fsp3) is 0.0667. The SMILES string of the molecule is COc1ccc(-c2nc3ccccc3c(=O)o2)cc1[N+](=O)[O-]. The fourth-order valence-corrected chi connectivity index (χ4v) is 2.11. The summed E-state index contributed by atoms with van der Waals surface area (Å²) in [5.74, 6) is 0.145. The summed E-state index contributed by atoms with van der Waals surface area (Å²) in [6.07, 6.45) is 0. The van der Waals surface area contributed by atoms with Crippen molar-refractivity contribution in [3.05, 3.63) is 63.0 Å². The maximum absolute atomic E-state index is 11.9. The lowest BCUT2D eigenvalue weighted by Crippen LogP contribution is -2.03. The normalized spacial score (nSPS) is 10.6. The van der Waals surface area contributed by atoms with Crippen LogP contribution in [0.15, 0.2) is 51.7 Å². The second-order valence-corrected chi connectivity index (χ2v) is 4.47. The van der Waals surface area contributed by atoms with E-state index in [4.69, 9.17) is 9.15 Å². The van der Waals surface area contributed by atoms with Crippen LogP contribution in [0.3, 0.4) is 0 Å². The highest BCUT2D eigenvalue weighted by molar-refractivity contribution is 5.78. The van der Waals surface area contributed by atoms with E-state index in [1.165, 1.54) is 19.2 Å². The number of methoxy groups -OCH3 is 1. The number of rotatable bonds is 3. The van der Waals surface area contributed by atoms with E-state index < -0.39 is 10.5 Å². The third-order valence-electron chi connectivity index (χ3n) is 3.16. The molecular weight excluding hydrogens is 288 g/mol. The van der Waals surface area contributed by atoms with E-state index in [0.29, 0.717) is 16.5 Å². The van der Waals surface area contributed by atoms with E-state index >= 15 is 0 Å². The minimum Gasteiger partial charge on any atom is -0.490 e. The smallest absolute Gasteiger partial charge is 0.347 e. The first kappa shape index (κ1) is 13.7. The van der Waals surface area contributed by atoms with Crippen molar-refractivity contribution in [2.24, 2.45) is 0 Å². The Morgan fingerprint density at radius 3 is 2.73 bits per heavy atom. The first-order valence-corrected chi connectivity index (χ1v) is 6.33. The predicted octanol–water partition coefficient (Wildman–Crippen LogP) is 2.77. The third-order valence-corrected chi connectivity index (χ3v) is 3.16. The average molecular weight is 298 g/mol. The molecule has 110 valence electrons. The highest BCUT2D eigenvalue weighted by Crippen LogP contribution is 2.31. The number of nitrogens with zero attached hydrogens (tertiary/aromatic N) is 2. The summed E-state index contributed by atoms with van der Waals surface area (Å²) in [5, 5.41) is 11.4.